The summed E-state index contributed by atoms with van der Waals surface area (Å²) in [4.78, 5) is 23.0. The van der Waals surface area contributed by atoms with Gasteiger partial charge in [-0.1, -0.05) is 25.4 Å². The van der Waals surface area contributed by atoms with Crippen molar-refractivity contribution in [1.29, 1.82) is 0 Å². The molecule has 5 nitrogen and oxygen atoms in total. The topological polar surface area (TPSA) is 84.2 Å². The Balaban J connectivity index is 2.78. The molecule has 0 fully saturated rings. The molecule has 4 N–H and O–H groups in total. The van der Waals surface area contributed by atoms with Gasteiger partial charge in [0, 0.05) is 5.69 Å². The summed E-state index contributed by atoms with van der Waals surface area (Å²) >= 11 is 5.63. The molecular formula is C13H17ClFN3O2. The van der Waals surface area contributed by atoms with Gasteiger partial charge in [-0.15, -0.1) is 0 Å². The van der Waals surface area contributed by atoms with Crippen LogP contribution in [0.4, 0.5) is 14.9 Å². The third kappa shape index (κ3) is 5.05. The molecule has 1 rings (SSSR count). The Morgan fingerprint density at radius 2 is 2.05 bits per heavy atom. The first-order valence-electron chi connectivity index (χ1n) is 6.11. The lowest BCUT2D eigenvalue weighted by atomic mass is 10.0. The average molecular weight is 302 g/mol. The Hall–Kier alpha value is -1.82. The molecule has 0 aliphatic carbocycles. The van der Waals surface area contributed by atoms with Crippen LogP contribution in [0, 0.1) is 11.7 Å². The van der Waals surface area contributed by atoms with Gasteiger partial charge in [-0.25, -0.2) is 9.18 Å². The van der Waals surface area contributed by atoms with Crippen molar-refractivity contribution in [1.82, 2.24) is 5.32 Å². The number of nitrogens with one attached hydrogen (secondary N) is 2. The number of hydrogen-bond acceptors (Lipinski definition) is 2. The maximum Gasteiger partial charge on any atom is 0.312 e. The number of nitrogens with two attached hydrogens (primary N) is 1. The van der Waals surface area contributed by atoms with E-state index in [-0.39, 0.29) is 10.9 Å². The van der Waals surface area contributed by atoms with Crippen LogP contribution in [0.15, 0.2) is 18.2 Å². The third-order valence-corrected chi connectivity index (χ3v) is 2.82. The van der Waals surface area contributed by atoms with Gasteiger partial charge in [0.15, 0.2) is 0 Å². The number of amides is 3. The highest BCUT2D eigenvalue weighted by atomic mass is 35.5. The summed E-state index contributed by atoms with van der Waals surface area (Å²) in [5, 5.41) is 4.85. The van der Waals surface area contributed by atoms with E-state index in [1.54, 1.807) is 0 Å². The normalized spacial score (nSPS) is 12.1. The Kier molecular flexibility index (Phi) is 5.76. The number of hydrogen-bond donors (Lipinski definition) is 3. The SMILES string of the molecule is CC(C)C[C@H](NC(N)=O)C(=O)Nc1ccc(F)c(Cl)c1. The van der Waals surface area contributed by atoms with Crippen molar-refractivity contribution >= 4 is 29.2 Å². The second-order valence-electron chi connectivity index (χ2n) is 4.81. The monoisotopic (exact) mass is 301 g/mol. The van der Waals surface area contributed by atoms with Crippen LogP contribution in [0.2, 0.25) is 5.02 Å². The van der Waals surface area contributed by atoms with Gasteiger partial charge in [0.2, 0.25) is 5.91 Å². The molecule has 0 radical (unpaired) electrons. The van der Waals surface area contributed by atoms with E-state index in [4.69, 9.17) is 17.3 Å². The van der Waals surface area contributed by atoms with Crippen LogP contribution in [0.25, 0.3) is 0 Å². The van der Waals surface area contributed by atoms with Crippen molar-refractivity contribution in [2.45, 2.75) is 26.3 Å². The summed E-state index contributed by atoms with van der Waals surface area (Å²) in [6.45, 7) is 3.83. The van der Waals surface area contributed by atoms with Crippen LogP contribution in [-0.2, 0) is 4.79 Å². The standard InChI is InChI=1S/C13H17ClFN3O2/c1-7(2)5-11(18-13(16)20)12(19)17-8-3-4-10(15)9(14)6-8/h3-4,6-7,11H,5H2,1-2H3,(H,17,19)(H3,16,18,20)/t11-/m0/s1. The molecule has 20 heavy (non-hydrogen) atoms. The zero-order valence-corrected chi connectivity index (χ0v) is 12.0. The van der Waals surface area contributed by atoms with Gasteiger partial charge in [-0.3, -0.25) is 4.79 Å². The first-order valence-corrected chi connectivity index (χ1v) is 6.49. The van der Waals surface area contributed by atoms with Crippen LogP contribution in [-0.4, -0.2) is 18.0 Å². The summed E-state index contributed by atoms with van der Waals surface area (Å²) in [7, 11) is 0. The van der Waals surface area contributed by atoms with E-state index in [0.717, 1.165) is 6.07 Å². The molecule has 7 heteroatoms. The van der Waals surface area contributed by atoms with E-state index < -0.39 is 23.8 Å². The van der Waals surface area contributed by atoms with E-state index in [9.17, 15) is 14.0 Å². The minimum Gasteiger partial charge on any atom is -0.352 e. The number of rotatable bonds is 5. The number of carbonyl (C=O) groups excluding carboxylic acids is 2. The number of halogens is 2. The van der Waals surface area contributed by atoms with Gasteiger partial charge >= 0.3 is 6.03 Å². The second kappa shape index (κ2) is 7.09. The lowest BCUT2D eigenvalue weighted by molar-refractivity contribution is -0.118. The summed E-state index contributed by atoms with van der Waals surface area (Å²) in [6.07, 6.45) is 0.434. The Morgan fingerprint density at radius 3 is 2.55 bits per heavy atom. The highest BCUT2D eigenvalue weighted by molar-refractivity contribution is 6.31. The fourth-order valence-corrected chi connectivity index (χ4v) is 1.86. The van der Waals surface area contributed by atoms with E-state index >= 15 is 0 Å². The highest BCUT2D eigenvalue weighted by Gasteiger charge is 2.21. The maximum absolute atomic E-state index is 13.0. The van der Waals surface area contributed by atoms with Crippen LogP contribution in [0.5, 0.6) is 0 Å². The average Bonchev–Trinajstić information content (AvgIpc) is 2.32. The van der Waals surface area contributed by atoms with Gasteiger partial charge in [-0.2, -0.15) is 0 Å². The number of carbonyl (C=O) groups is 2. The van der Waals surface area contributed by atoms with Crippen LogP contribution < -0.4 is 16.4 Å². The molecule has 0 aliphatic heterocycles. The highest BCUT2D eigenvalue weighted by Crippen LogP contribution is 2.19. The first kappa shape index (κ1) is 16.2. The van der Waals surface area contributed by atoms with Gasteiger partial charge in [-0.05, 0) is 30.5 Å². The van der Waals surface area contributed by atoms with Crippen molar-refractivity contribution < 1.29 is 14.0 Å². The molecule has 1 aromatic carbocycles. The molecule has 0 saturated heterocycles. The molecule has 3 amide bonds. The maximum atomic E-state index is 13.0. The van der Waals surface area contributed by atoms with Crippen molar-refractivity contribution in [3.63, 3.8) is 0 Å². The van der Waals surface area contributed by atoms with E-state index in [0.29, 0.717) is 12.1 Å². The zero-order chi connectivity index (χ0) is 15.3. The Labute approximate surface area is 121 Å². The Morgan fingerprint density at radius 1 is 1.40 bits per heavy atom. The number of urea groups is 1. The quantitative estimate of drug-likeness (QED) is 0.780. The smallest absolute Gasteiger partial charge is 0.312 e. The van der Waals surface area contributed by atoms with Crippen LogP contribution >= 0.6 is 11.6 Å². The zero-order valence-electron chi connectivity index (χ0n) is 11.2. The molecular weight excluding hydrogens is 285 g/mol. The summed E-state index contributed by atoms with van der Waals surface area (Å²) < 4.78 is 13.0. The number of benzene rings is 1. The summed E-state index contributed by atoms with van der Waals surface area (Å²) in [5.74, 6) is -0.812. The van der Waals surface area contributed by atoms with Crippen LogP contribution in [0.3, 0.4) is 0 Å². The Bertz CT molecular complexity index is 508. The molecule has 1 aromatic rings. The second-order valence-corrected chi connectivity index (χ2v) is 5.22. The van der Waals surface area contributed by atoms with Crippen LogP contribution in [0.1, 0.15) is 20.3 Å². The lowest BCUT2D eigenvalue weighted by Gasteiger charge is -2.19. The predicted octanol–water partition coefficient (Wildman–Crippen LogP) is 2.50. The summed E-state index contributed by atoms with van der Waals surface area (Å²) in [5.41, 5.74) is 5.39. The van der Waals surface area contributed by atoms with Gasteiger partial charge in [0.25, 0.3) is 0 Å². The van der Waals surface area contributed by atoms with Gasteiger partial charge in [0.1, 0.15) is 11.9 Å². The molecule has 0 unspecified atom stereocenters. The van der Waals surface area contributed by atoms with Crippen molar-refractivity contribution in [2.75, 3.05) is 5.32 Å². The molecule has 1 atom stereocenters. The molecule has 110 valence electrons. The minimum atomic E-state index is -0.775. The molecule has 0 bridgehead atoms. The molecule has 0 heterocycles. The van der Waals surface area contributed by atoms with E-state index in [2.05, 4.69) is 10.6 Å². The van der Waals surface area contributed by atoms with E-state index in [1.165, 1.54) is 12.1 Å². The van der Waals surface area contributed by atoms with E-state index in [1.807, 2.05) is 13.8 Å². The molecule has 0 aliphatic rings. The predicted molar refractivity (Wildman–Crippen MR) is 76.0 cm³/mol. The molecule has 0 saturated carbocycles. The summed E-state index contributed by atoms with van der Waals surface area (Å²) in [6, 6.07) is 2.30. The minimum absolute atomic E-state index is 0.0916. The number of anilines is 1. The lowest BCUT2D eigenvalue weighted by Crippen LogP contribution is -2.46. The molecule has 0 aromatic heterocycles. The fourth-order valence-electron chi connectivity index (χ4n) is 1.68. The fraction of sp³-hybridized carbons (Fsp3) is 0.385. The first-order chi connectivity index (χ1) is 9.29. The van der Waals surface area contributed by atoms with Gasteiger partial charge < -0.3 is 16.4 Å². The number of primary amides is 1. The van der Waals surface area contributed by atoms with Crippen molar-refractivity contribution in [2.24, 2.45) is 11.7 Å². The molecule has 0 spiro atoms. The third-order valence-electron chi connectivity index (χ3n) is 2.53. The van der Waals surface area contributed by atoms with Gasteiger partial charge in [0.05, 0.1) is 5.02 Å². The largest absolute Gasteiger partial charge is 0.352 e. The van der Waals surface area contributed by atoms with Crippen molar-refractivity contribution in [3.8, 4) is 0 Å². The van der Waals surface area contributed by atoms with Crippen molar-refractivity contribution in [3.05, 3.63) is 29.0 Å².